The van der Waals surface area contributed by atoms with Gasteiger partial charge in [-0.2, -0.15) is 0 Å². The predicted octanol–water partition coefficient (Wildman–Crippen LogP) is 2.79. The van der Waals surface area contributed by atoms with Crippen molar-refractivity contribution in [1.29, 1.82) is 0 Å². The first-order valence-electron chi connectivity index (χ1n) is 11.7. The maximum Gasteiger partial charge on any atom is 0.289 e. The number of rotatable bonds is 6. The van der Waals surface area contributed by atoms with Crippen LogP contribution in [0.2, 0.25) is 0 Å². The minimum Gasteiger partial charge on any atom is -0.494 e. The quantitative estimate of drug-likeness (QED) is 0.632. The molecule has 0 aliphatic carbocycles. The van der Waals surface area contributed by atoms with Crippen molar-refractivity contribution in [2.75, 3.05) is 26.4 Å². The van der Waals surface area contributed by atoms with Crippen LogP contribution < -0.4 is 15.4 Å². The maximum atomic E-state index is 13.0. The number of ether oxygens (including phenoxy) is 3. The fourth-order valence-electron chi connectivity index (χ4n) is 3.69. The monoisotopic (exact) mass is 468 g/mol. The number of amides is 2. The SMILES string of the molecule is CCOc1ccccc1CNC(=O)C(=O)C1CCCCOCCOCc2ccccc2C(=O)N1. The highest BCUT2D eigenvalue weighted by atomic mass is 16.5. The van der Waals surface area contributed by atoms with Gasteiger partial charge in [0, 0.05) is 24.3 Å². The minimum absolute atomic E-state index is 0.148. The summed E-state index contributed by atoms with van der Waals surface area (Å²) in [7, 11) is 0. The number of fused-ring (bicyclic) bond motifs is 1. The Hall–Kier alpha value is -3.23. The van der Waals surface area contributed by atoms with Crippen molar-refractivity contribution in [3.05, 3.63) is 65.2 Å². The van der Waals surface area contributed by atoms with Crippen LogP contribution in [-0.2, 0) is 32.2 Å². The molecule has 8 heteroatoms. The van der Waals surface area contributed by atoms with E-state index >= 15 is 0 Å². The van der Waals surface area contributed by atoms with Crippen LogP contribution in [0.25, 0.3) is 0 Å². The van der Waals surface area contributed by atoms with Gasteiger partial charge in [-0.1, -0.05) is 36.4 Å². The molecule has 1 aliphatic heterocycles. The Morgan fingerprint density at radius 3 is 2.65 bits per heavy atom. The zero-order valence-corrected chi connectivity index (χ0v) is 19.5. The van der Waals surface area contributed by atoms with Crippen molar-refractivity contribution in [3.63, 3.8) is 0 Å². The van der Waals surface area contributed by atoms with Crippen LogP contribution >= 0.6 is 0 Å². The van der Waals surface area contributed by atoms with Crippen molar-refractivity contribution in [3.8, 4) is 5.75 Å². The predicted molar refractivity (Wildman–Crippen MR) is 126 cm³/mol. The van der Waals surface area contributed by atoms with E-state index in [-0.39, 0.29) is 13.2 Å². The van der Waals surface area contributed by atoms with Gasteiger partial charge >= 0.3 is 0 Å². The smallest absolute Gasteiger partial charge is 0.289 e. The zero-order chi connectivity index (χ0) is 24.2. The molecule has 1 heterocycles. The second kappa shape index (κ2) is 13.5. The van der Waals surface area contributed by atoms with Gasteiger partial charge in [-0.05, 0) is 43.9 Å². The molecule has 0 aromatic heterocycles. The molecule has 0 saturated heterocycles. The summed E-state index contributed by atoms with van der Waals surface area (Å²) in [6.45, 7) is 4.19. The number of nitrogens with one attached hydrogen (secondary N) is 2. The first kappa shape index (κ1) is 25.4. The summed E-state index contributed by atoms with van der Waals surface area (Å²) in [4.78, 5) is 38.7. The molecule has 0 radical (unpaired) electrons. The standard InChI is InChI=1S/C26H32N2O6/c1-2-34-23-13-6-4-9-19(23)17-27-26(31)24(29)22-12-7-8-14-32-15-16-33-18-20-10-3-5-11-21(20)25(30)28-22/h3-6,9-11,13,22H,2,7-8,12,14-18H2,1H3,(H,27,31)(H,28,30). The number of Topliss-reactive ketones (excluding diaryl/α,β-unsaturated/α-hetero) is 1. The number of para-hydroxylation sites is 1. The van der Waals surface area contributed by atoms with Crippen LogP contribution in [0, 0.1) is 0 Å². The number of hydrogen-bond acceptors (Lipinski definition) is 6. The molecular formula is C26H32N2O6. The normalized spacial score (nSPS) is 17.6. The van der Waals surface area contributed by atoms with Gasteiger partial charge in [0.25, 0.3) is 11.8 Å². The number of carbonyl (C=O) groups excluding carboxylic acids is 3. The molecule has 2 amide bonds. The molecule has 3 rings (SSSR count). The molecule has 8 nitrogen and oxygen atoms in total. The van der Waals surface area contributed by atoms with E-state index in [0.717, 1.165) is 5.56 Å². The summed E-state index contributed by atoms with van der Waals surface area (Å²) >= 11 is 0. The number of benzene rings is 2. The Kier molecular flexibility index (Phi) is 10.1. The van der Waals surface area contributed by atoms with Gasteiger partial charge in [-0.3, -0.25) is 14.4 Å². The van der Waals surface area contributed by atoms with Crippen LogP contribution in [0.3, 0.4) is 0 Å². The molecule has 0 saturated carbocycles. The molecule has 1 aliphatic rings. The Morgan fingerprint density at radius 1 is 1.03 bits per heavy atom. The summed E-state index contributed by atoms with van der Waals surface area (Å²) in [5, 5.41) is 5.44. The first-order chi connectivity index (χ1) is 16.6. The van der Waals surface area contributed by atoms with E-state index in [4.69, 9.17) is 14.2 Å². The van der Waals surface area contributed by atoms with E-state index in [9.17, 15) is 14.4 Å². The van der Waals surface area contributed by atoms with Gasteiger partial charge in [0.15, 0.2) is 0 Å². The number of hydrogen-bond donors (Lipinski definition) is 2. The van der Waals surface area contributed by atoms with Crippen molar-refractivity contribution in [1.82, 2.24) is 10.6 Å². The number of carbonyl (C=O) groups is 3. The van der Waals surface area contributed by atoms with Crippen LogP contribution in [0.1, 0.15) is 47.7 Å². The summed E-state index contributed by atoms with van der Waals surface area (Å²) in [5.74, 6) is -1.17. The molecule has 2 aromatic carbocycles. The third-order valence-electron chi connectivity index (χ3n) is 5.48. The Balaban J connectivity index is 1.70. The molecule has 2 aromatic rings. The van der Waals surface area contributed by atoms with Crippen molar-refractivity contribution in [2.45, 2.75) is 45.4 Å². The lowest BCUT2D eigenvalue weighted by Gasteiger charge is -2.19. The molecule has 0 spiro atoms. The number of ketones is 1. The lowest BCUT2D eigenvalue weighted by atomic mass is 10.0. The van der Waals surface area contributed by atoms with Crippen molar-refractivity contribution >= 4 is 17.6 Å². The summed E-state index contributed by atoms with van der Waals surface area (Å²) < 4.78 is 16.8. The lowest BCUT2D eigenvalue weighted by molar-refractivity contribution is -0.139. The van der Waals surface area contributed by atoms with Gasteiger partial charge in [0.1, 0.15) is 5.75 Å². The van der Waals surface area contributed by atoms with Crippen LogP contribution in [0.5, 0.6) is 5.75 Å². The minimum atomic E-state index is -0.938. The summed E-state index contributed by atoms with van der Waals surface area (Å²) in [5.41, 5.74) is 1.90. The highest BCUT2D eigenvalue weighted by molar-refractivity contribution is 6.38. The van der Waals surface area contributed by atoms with E-state index in [1.807, 2.05) is 37.3 Å². The fourth-order valence-corrected chi connectivity index (χ4v) is 3.69. The molecule has 182 valence electrons. The Morgan fingerprint density at radius 2 is 1.79 bits per heavy atom. The molecule has 0 bridgehead atoms. The highest BCUT2D eigenvalue weighted by Gasteiger charge is 2.27. The molecule has 34 heavy (non-hydrogen) atoms. The van der Waals surface area contributed by atoms with Crippen LogP contribution in [0.4, 0.5) is 0 Å². The van der Waals surface area contributed by atoms with E-state index in [2.05, 4.69) is 10.6 Å². The third kappa shape index (κ3) is 7.40. The lowest BCUT2D eigenvalue weighted by Crippen LogP contribution is -2.47. The Labute approximate surface area is 200 Å². The van der Waals surface area contributed by atoms with Gasteiger partial charge in [-0.15, -0.1) is 0 Å². The molecule has 1 atom stereocenters. The van der Waals surface area contributed by atoms with E-state index in [1.165, 1.54) is 0 Å². The van der Waals surface area contributed by atoms with Crippen molar-refractivity contribution < 1.29 is 28.6 Å². The molecule has 2 N–H and O–H groups in total. The largest absolute Gasteiger partial charge is 0.494 e. The summed E-state index contributed by atoms with van der Waals surface area (Å²) in [6.07, 6.45) is 1.68. The molecule has 0 fully saturated rings. The Bertz CT molecular complexity index is 977. The first-order valence-corrected chi connectivity index (χ1v) is 11.7. The van der Waals surface area contributed by atoms with E-state index in [1.54, 1.807) is 18.2 Å². The topological polar surface area (TPSA) is 103 Å². The van der Waals surface area contributed by atoms with Gasteiger partial charge in [-0.25, -0.2) is 0 Å². The average Bonchev–Trinajstić information content (AvgIpc) is 2.85. The van der Waals surface area contributed by atoms with Crippen LogP contribution in [0.15, 0.2) is 48.5 Å². The van der Waals surface area contributed by atoms with E-state index in [0.29, 0.717) is 62.6 Å². The van der Waals surface area contributed by atoms with Gasteiger partial charge in [0.2, 0.25) is 5.78 Å². The second-order valence-electron chi connectivity index (χ2n) is 7.93. The van der Waals surface area contributed by atoms with Crippen LogP contribution in [-0.4, -0.2) is 50.1 Å². The summed E-state index contributed by atoms with van der Waals surface area (Å²) in [6, 6.07) is 13.5. The third-order valence-corrected chi connectivity index (χ3v) is 5.48. The van der Waals surface area contributed by atoms with Crippen molar-refractivity contribution in [2.24, 2.45) is 0 Å². The zero-order valence-electron chi connectivity index (χ0n) is 19.5. The molecular weight excluding hydrogens is 436 g/mol. The van der Waals surface area contributed by atoms with E-state index < -0.39 is 23.6 Å². The fraction of sp³-hybridized carbons (Fsp3) is 0.423. The van der Waals surface area contributed by atoms with Gasteiger partial charge in [0.05, 0.1) is 32.5 Å². The maximum absolute atomic E-state index is 13.0. The average molecular weight is 469 g/mol. The van der Waals surface area contributed by atoms with Gasteiger partial charge < -0.3 is 24.8 Å². The second-order valence-corrected chi connectivity index (χ2v) is 7.93. The molecule has 1 unspecified atom stereocenters. The highest BCUT2D eigenvalue weighted by Crippen LogP contribution is 2.18.